The van der Waals surface area contributed by atoms with Crippen molar-refractivity contribution in [2.45, 2.75) is 19.3 Å². The highest BCUT2D eigenvalue weighted by Gasteiger charge is 2.35. The number of aromatic nitrogens is 2. The summed E-state index contributed by atoms with van der Waals surface area (Å²) in [6.07, 6.45) is 0. The van der Waals surface area contributed by atoms with Crippen molar-refractivity contribution in [1.82, 2.24) is 9.97 Å². The van der Waals surface area contributed by atoms with E-state index in [1.165, 1.54) is 44.5 Å². The number of rotatable bonds is 5. The Balaban J connectivity index is 1.16. The fourth-order valence-corrected chi connectivity index (χ4v) is 7.53. The number of benzene rings is 6. The maximum atomic E-state index is 5.13. The van der Waals surface area contributed by atoms with E-state index in [1.54, 1.807) is 0 Å². The molecule has 2 nitrogen and oxygen atoms in total. The predicted octanol–water partition coefficient (Wildman–Crippen LogP) is 11.7. The minimum absolute atomic E-state index is 0.0176. The molecule has 0 saturated heterocycles. The van der Waals surface area contributed by atoms with Crippen molar-refractivity contribution in [3.8, 4) is 66.7 Å². The highest BCUT2D eigenvalue weighted by Crippen LogP contribution is 2.49. The lowest BCUT2D eigenvalue weighted by atomic mass is 9.81. The molecule has 0 fully saturated rings. The Bertz CT molecular complexity index is 2150. The molecule has 0 atom stereocenters. The third-order valence-corrected chi connectivity index (χ3v) is 10.1. The summed E-state index contributed by atoms with van der Waals surface area (Å²) in [6.45, 7) is 4.67. The number of hydrogen-bond acceptors (Lipinski definition) is 2. The molecule has 6 aromatic carbocycles. The summed E-state index contributed by atoms with van der Waals surface area (Å²) in [6, 6.07) is 54.1. The van der Waals surface area contributed by atoms with Crippen LogP contribution >= 0.6 is 8.19 Å². The molecule has 0 unspecified atom stereocenters. The highest BCUT2D eigenvalue weighted by molar-refractivity contribution is 7.37. The van der Waals surface area contributed by atoms with Gasteiger partial charge in [-0.05, 0) is 58.8 Å². The first-order valence-electron chi connectivity index (χ1n) is 15.4. The molecule has 0 amide bonds. The molecule has 3 heteroatoms. The molecular formula is C42H31N2P. The van der Waals surface area contributed by atoms with Crippen LogP contribution in [0.1, 0.15) is 25.0 Å². The van der Waals surface area contributed by atoms with Gasteiger partial charge in [0, 0.05) is 22.1 Å². The summed E-state index contributed by atoms with van der Waals surface area (Å²) < 4.78 is 0. The van der Waals surface area contributed by atoms with Gasteiger partial charge in [-0.1, -0.05) is 159 Å². The van der Waals surface area contributed by atoms with Crippen LogP contribution in [0.25, 0.3) is 66.7 Å². The molecule has 1 aliphatic carbocycles. The largest absolute Gasteiger partial charge is 0.223 e. The smallest absolute Gasteiger partial charge is 0.161 e. The van der Waals surface area contributed by atoms with E-state index >= 15 is 0 Å². The van der Waals surface area contributed by atoms with Gasteiger partial charge in [-0.25, -0.2) is 9.97 Å². The zero-order valence-corrected chi connectivity index (χ0v) is 26.2. The maximum Gasteiger partial charge on any atom is 0.161 e. The average Bonchev–Trinajstić information content (AvgIpc) is 3.34. The first-order chi connectivity index (χ1) is 22.0. The molecule has 1 aliphatic rings. The normalized spacial score (nSPS) is 13.0. The topological polar surface area (TPSA) is 25.8 Å². The van der Waals surface area contributed by atoms with Gasteiger partial charge in [0.1, 0.15) is 10.9 Å². The van der Waals surface area contributed by atoms with Crippen LogP contribution in [0.15, 0.2) is 152 Å². The monoisotopic (exact) mass is 594 g/mol. The number of nitrogens with zero attached hydrogens (tertiary/aromatic N) is 2. The van der Waals surface area contributed by atoms with E-state index in [0.29, 0.717) is 0 Å². The van der Waals surface area contributed by atoms with Crippen molar-refractivity contribution >= 4 is 8.19 Å². The lowest BCUT2D eigenvalue weighted by Crippen LogP contribution is -2.14. The Morgan fingerprint density at radius 2 is 0.844 bits per heavy atom. The third-order valence-electron chi connectivity index (χ3n) is 8.98. The van der Waals surface area contributed by atoms with Gasteiger partial charge in [0.15, 0.2) is 5.82 Å². The maximum absolute atomic E-state index is 5.13. The van der Waals surface area contributed by atoms with Crippen LogP contribution in [0.4, 0.5) is 0 Å². The molecule has 7 aromatic rings. The Labute approximate surface area is 266 Å². The van der Waals surface area contributed by atoms with Gasteiger partial charge in [0.05, 0.1) is 0 Å². The summed E-state index contributed by atoms with van der Waals surface area (Å²) in [4.78, 5) is 10.2. The van der Waals surface area contributed by atoms with Gasteiger partial charge in [0.25, 0.3) is 0 Å². The summed E-state index contributed by atoms with van der Waals surface area (Å²) in [5, 5.41) is 0. The van der Waals surface area contributed by atoms with Crippen molar-refractivity contribution in [3.05, 3.63) is 163 Å². The van der Waals surface area contributed by atoms with Gasteiger partial charge in [-0.2, -0.15) is 0 Å². The van der Waals surface area contributed by atoms with Crippen LogP contribution in [-0.2, 0) is 5.41 Å². The van der Waals surface area contributed by atoms with Crippen LogP contribution in [-0.4, -0.2) is 9.97 Å². The molecule has 0 bridgehead atoms. The number of fused-ring (bicyclic) bond motifs is 3. The van der Waals surface area contributed by atoms with Gasteiger partial charge in [-0.3, -0.25) is 0 Å². The standard InChI is InChI=1S/C42H31N2P/c1-42(2)37-16-10-9-15-35(37)36-26-25-34(27-38(36)42)30-19-23-33(24-20-30)41-44-39(43-40(45-41)32-13-7-4-8-14-32)31-21-17-29(18-22-31)28-11-5-3-6-12-28/h3-27H,1-2H3. The Kier molecular flexibility index (Phi) is 6.74. The van der Waals surface area contributed by atoms with Gasteiger partial charge < -0.3 is 0 Å². The van der Waals surface area contributed by atoms with Crippen molar-refractivity contribution in [1.29, 1.82) is 0 Å². The van der Waals surface area contributed by atoms with Crippen molar-refractivity contribution in [2.75, 3.05) is 0 Å². The lowest BCUT2D eigenvalue weighted by Gasteiger charge is -2.22. The second-order valence-electron chi connectivity index (χ2n) is 12.1. The van der Waals surface area contributed by atoms with E-state index in [4.69, 9.17) is 9.97 Å². The zero-order chi connectivity index (χ0) is 30.4. The zero-order valence-electron chi connectivity index (χ0n) is 25.3. The average molecular weight is 595 g/mol. The number of hydrogen-bond donors (Lipinski definition) is 0. The first kappa shape index (κ1) is 27.4. The molecule has 8 rings (SSSR count). The third kappa shape index (κ3) is 4.98. The summed E-state index contributed by atoms with van der Waals surface area (Å²) in [5.41, 5.74) is 15.5. The van der Waals surface area contributed by atoms with E-state index in [0.717, 1.165) is 41.6 Å². The van der Waals surface area contributed by atoms with Gasteiger partial charge in [-0.15, -0.1) is 0 Å². The summed E-state index contributed by atoms with van der Waals surface area (Å²) in [7, 11) is 0.996. The predicted molar refractivity (Wildman–Crippen MR) is 189 cm³/mol. The molecule has 0 aliphatic heterocycles. The van der Waals surface area contributed by atoms with Crippen molar-refractivity contribution < 1.29 is 0 Å². The van der Waals surface area contributed by atoms with Crippen LogP contribution < -0.4 is 0 Å². The first-order valence-corrected chi connectivity index (χ1v) is 16.3. The molecule has 45 heavy (non-hydrogen) atoms. The second kappa shape index (κ2) is 11.1. The molecule has 1 heterocycles. The van der Waals surface area contributed by atoms with E-state index < -0.39 is 0 Å². The molecule has 0 saturated carbocycles. The van der Waals surface area contributed by atoms with E-state index in [-0.39, 0.29) is 5.41 Å². The van der Waals surface area contributed by atoms with Crippen LogP contribution in [0.5, 0.6) is 0 Å². The van der Waals surface area contributed by atoms with E-state index in [9.17, 15) is 0 Å². The van der Waals surface area contributed by atoms with E-state index in [2.05, 4.69) is 153 Å². The summed E-state index contributed by atoms with van der Waals surface area (Å²) >= 11 is 0. The van der Waals surface area contributed by atoms with Crippen LogP contribution in [0.2, 0.25) is 0 Å². The fourth-order valence-electron chi connectivity index (χ4n) is 6.49. The van der Waals surface area contributed by atoms with Crippen molar-refractivity contribution in [2.24, 2.45) is 0 Å². The van der Waals surface area contributed by atoms with E-state index in [1.807, 2.05) is 12.1 Å². The van der Waals surface area contributed by atoms with Crippen molar-refractivity contribution in [3.63, 3.8) is 0 Å². The minimum Gasteiger partial charge on any atom is -0.223 e. The van der Waals surface area contributed by atoms with Crippen LogP contribution in [0.3, 0.4) is 0 Å². The Hall–Kier alpha value is -5.17. The molecule has 214 valence electrons. The van der Waals surface area contributed by atoms with Gasteiger partial charge >= 0.3 is 0 Å². The fraction of sp³-hybridized carbons (Fsp3) is 0.0714. The lowest BCUT2D eigenvalue weighted by molar-refractivity contribution is 0.660. The molecule has 0 N–H and O–H groups in total. The van der Waals surface area contributed by atoms with Gasteiger partial charge in [0.2, 0.25) is 0 Å². The Morgan fingerprint density at radius 1 is 0.400 bits per heavy atom. The van der Waals surface area contributed by atoms with Crippen LogP contribution in [0, 0.1) is 0 Å². The molecule has 1 aromatic heterocycles. The molecule has 0 radical (unpaired) electrons. The summed E-state index contributed by atoms with van der Waals surface area (Å²) in [5.74, 6) is 0.742. The quantitative estimate of drug-likeness (QED) is 0.198. The molecular weight excluding hydrogens is 563 g/mol. The minimum atomic E-state index is -0.0176. The second-order valence-corrected chi connectivity index (χ2v) is 13.2. The molecule has 0 spiro atoms. The highest BCUT2D eigenvalue weighted by atomic mass is 31.0. The Morgan fingerprint density at radius 3 is 1.51 bits per heavy atom. The SMILES string of the molecule is CC1(C)c2ccccc2-c2ccc(-c3ccc(-c4nc(-c5ccc(-c6ccccc6)cc5)nc(-c5ccccc5)p4)cc3)cc21.